The average Bonchev–Trinajstić information content (AvgIpc) is 2.76. The molecule has 0 radical (unpaired) electrons. The van der Waals surface area contributed by atoms with Gasteiger partial charge in [0.1, 0.15) is 4.32 Å². The van der Waals surface area contributed by atoms with Crippen molar-refractivity contribution in [2.24, 2.45) is 0 Å². The summed E-state index contributed by atoms with van der Waals surface area (Å²) >= 11 is 18.5. The number of unbranched alkanes of at least 4 members (excludes halogenated alkanes) is 2. The Morgan fingerprint density at radius 3 is 2.71 bits per heavy atom. The van der Waals surface area contributed by atoms with E-state index in [2.05, 4.69) is 0 Å². The predicted octanol–water partition coefficient (Wildman–Crippen LogP) is 4.84. The third kappa shape index (κ3) is 5.21. The number of carbonyl (C=O) groups excluding carboxylic acids is 1. The Hall–Kier alpha value is -1.08. The molecular weight excluding hydrogens is 389 g/mol. The Kier molecular flexibility index (Phi) is 7.10. The number of hydrogen-bond donors (Lipinski definition) is 1. The third-order valence-corrected chi connectivity index (χ3v) is 5.34. The van der Waals surface area contributed by atoms with Gasteiger partial charge in [-0.3, -0.25) is 14.5 Å². The number of amides is 1. The number of carbonyl (C=O) groups is 2. The van der Waals surface area contributed by atoms with Crippen molar-refractivity contribution in [3.63, 3.8) is 0 Å². The summed E-state index contributed by atoms with van der Waals surface area (Å²) < 4.78 is 0.509. The SMILES string of the molecule is O=C(O)CCCCCN1C(=O)/C(=C/c2ccc(Cl)cc2Cl)SC1=S. The van der Waals surface area contributed by atoms with Gasteiger partial charge in [0.2, 0.25) is 0 Å². The zero-order valence-corrected chi connectivity index (χ0v) is 15.8. The van der Waals surface area contributed by atoms with Crippen LogP contribution in [0, 0.1) is 0 Å². The quantitative estimate of drug-likeness (QED) is 0.400. The molecule has 0 saturated carbocycles. The Morgan fingerprint density at radius 1 is 1.29 bits per heavy atom. The van der Waals surface area contributed by atoms with Crippen LogP contribution in [0.25, 0.3) is 6.08 Å². The maximum atomic E-state index is 12.5. The van der Waals surface area contributed by atoms with Crippen molar-refractivity contribution in [3.8, 4) is 0 Å². The molecule has 0 aliphatic carbocycles. The molecule has 1 heterocycles. The van der Waals surface area contributed by atoms with Gasteiger partial charge in [-0.15, -0.1) is 0 Å². The number of hydrogen-bond acceptors (Lipinski definition) is 4. The van der Waals surface area contributed by atoms with E-state index in [-0.39, 0.29) is 12.3 Å². The Labute approximate surface area is 159 Å². The summed E-state index contributed by atoms with van der Waals surface area (Å²) in [7, 11) is 0. The lowest BCUT2D eigenvalue weighted by atomic mass is 10.2. The molecule has 0 spiro atoms. The van der Waals surface area contributed by atoms with Gasteiger partial charge >= 0.3 is 5.97 Å². The molecule has 4 nitrogen and oxygen atoms in total. The molecule has 1 aromatic carbocycles. The summed E-state index contributed by atoms with van der Waals surface area (Å²) in [5.41, 5.74) is 0.711. The van der Waals surface area contributed by atoms with Gasteiger partial charge in [-0.2, -0.15) is 0 Å². The maximum absolute atomic E-state index is 12.5. The van der Waals surface area contributed by atoms with Crippen LogP contribution in [0.5, 0.6) is 0 Å². The molecule has 1 aliphatic heterocycles. The van der Waals surface area contributed by atoms with Gasteiger partial charge in [-0.05, 0) is 36.6 Å². The van der Waals surface area contributed by atoms with E-state index >= 15 is 0 Å². The lowest BCUT2D eigenvalue weighted by Gasteiger charge is -2.13. The number of carboxylic acids is 1. The Morgan fingerprint density at radius 2 is 2.04 bits per heavy atom. The predicted molar refractivity (Wildman–Crippen MR) is 102 cm³/mol. The van der Waals surface area contributed by atoms with Crippen molar-refractivity contribution in [1.29, 1.82) is 0 Å². The number of aliphatic carboxylic acids is 1. The highest BCUT2D eigenvalue weighted by Gasteiger charge is 2.31. The van der Waals surface area contributed by atoms with Gasteiger partial charge in [0.05, 0.1) is 4.91 Å². The monoisotopic (exact) mass is 403 g/mol. The average molecular weight is 404 g/mol. The number of rotatable bonds is 7. The highest BCUT2D eigenvalue weighted by Crippen LogP contribution is 2.34. The molecule has 1 amide bonds. The molecule has 128 valence electrons. The summed E-state index contributed by atoms with van der Waals surface area (Å²) in [4.78, 5) is 25.0. The second kappa shape index (κ2) is 8.85. The number of thioether (sulfide) groups is 1. The summed E-state index contributed by atoms with van der Waals surface area (Å²) in [6, 6.07) is 5.09. The van der Waals surface area contributed by atoms with Crippen LogP contribution in [0.2, 0.25) is 10.0 Å². The molecule has 0 bridgehead atoms. The number of thiocarbonyl (C=S) groups is 1. The van der Waals surface area contributed by atoms with E-state index < -0.39 is 5.97 Å². The Bertz CT molecular complexity index is 707. The first-order valence-corrected chi connectivity index (χ1v) is 9.29. The van der Waals surface area contributed by atoms with E-state index in [1.54, 1.807) is 29.2 Å². The van der Waals surface area contributed by atoms with Crippen molar-refractivity contribution in [2.75, 3.05) is 6.54 Å². The standard InChI is InChI=1S/C16H15Cl2NO3S2/c17-11-6-5-10(12(18)9-11)8-13-15(22)19(16(23)24-13)7-3-1-2-4-14(20)21/h5-6,8-9H,1-4,7H2,(H,20,21)/b13-8-. The third-order valence-electron chi connectivity index (χ3n) is 3.40. The molecule has 0 unspecified atom stereocenters. The van der Waals surface area contributed by atoms with Crippen LogP contribution in [0.1, 0.15) is 31.2 Å². The van der Waals surface area contributed by atoms with E-state index in [0.717, 1.165) is 6.42 Å². The molecule has 1 fully saturated rings. The first kappa shape index (κ1) is 19.2. The normalized spacial score (nSPS) is 16.2. The van der Waals surface area contributed by atoms with Crippen molar-refractivity contribution in [2.45, 2.75) is 25.7 Å². The highest BCUT2D eigenvalue weighted by atomic mass is 35.5. The van der Waals surface area contributed by atoms with Crippen LogP contribution in [0.15, 0.2) is 23.1 Å². The second-order valence-electron chi connectivity index (χ2n) is 5.20. The van der Waals surface area contributed by atoms with Crippen LogP contribution in [0.3, 0.4) is 0 Å². The first-order valence-electron chi connectivity index (χ1n) is 7.30. The largest absolute Gasteiger partial charge is 0.481 e. The van der Waals surface area contributed by atoms with Crippen LogP contribution in [-0.4, -0.2) is 32.7 Å². The van der Waals surface area contributed by atoms with Crippen molar-refractivity contribution < 1.29 is 14.7 Å². The van der Waals surface area contributed by atoms with Crippen LogP contribution >= 0.6 is 47.2 Å². The topological polar surface area (TPSA) is 57.6 Å². The van der Waals surface area contributed by atoms with Gasteiger partial charge in [0.15, 0.2) is 0 Å². The lowest BCUT2D eigenvalue weighted by molar-refractivity contribution is -0.137. The molecule has 1 N–H and O–H groups in total. The number of benzene rings is 1. The van der Waals surface area contributed by atoms with E-state index in [4.69, 9.17) is 40.5 Å². The van der Waals surface area contributed by atoms with Gasteiger partial charge in [-0.1, -0.05) is 59.7 Å². The van der Waals surface area contributed by atoms with Gasteiger partial charge in [0, 0.05) is 23.0 Å². The fourth-order valence-corrected chi connectivity index (χ4v) is 3.94. The lowest BCUT2D eigenvalue weighted by Crippen LogP contribution is -2.29. The minimum atomic E-state index is -0.802. The molecule has 24 heavy (non-hydrogen) atoms. The smallest absolute Gasteiger partial charge is 0.303 e. The van der Waals surface area contributed by atoms with Gasteiger partial charge < -0.3 is 5.11 Å². The van der Waals surface area contributed by atoms with E-state index in [9.17, 15) is 9.59 Å². The molecule has 1 aromatic rings. The highest BCUT2D eigenvalue weighted by molar-refractivity contribution is 8.26. The van der Waals surface area contributed by atoms with E-state index in [1.165, 1.54) is 11.8 Å². The maximum Gasteiger partial charge on any atom is 0.303 e. The Balaban J connectivity index is 1.98. The van der Waals surface area contributed by atoms with Gasteiger partial charge in [0.25, 0.3) is 5.91 Å². The van der Waals surface area contributed by atoms with Crippen molar-refractivity contribution in [3.05, 3.63) is 38.7 Å². The molecule has 0 atom stereocenters. The fraction of sp³-hybridized carbons (Fsp3) is 0.312. The van der Waals surface area contributed by atoms with Crippen molar-refractivity contribution in [1.82, 2.24) is 4.90 Å². The van der Waals surface area contributed by atoms with Crippen LogP contribution in [0.4, 0.5) is 0 Å². The minimum Gasteiger partial charge on any atom is -0.481 e. The summed E-state index contributed by atoms with van der Waals surface area (Å²) in [5, 5.41) is 9.61. The minimum absolute atomic E-state index is 0.144. The molecule has 0 aromatic heterocycles. The van der Waals surface area contributed by atoms with Crippen LogP contribution in [-0.2, 0) is 9.59 Å². The van der Waals surface area contributed by atoms with E-state index in [0.29, 0.717) is 44.2 Å². The van der Waals surface area contributed by atoms with Crippen molar-refractivity contribution >= 4 is 69.5 Å². The summed E-state index contributed by atoms with van der Waals surface area (Å²) in [6.45, 7) is 0.496. The number of carboxylic acid groups (broad SMARTS) is 1. The summed E-state index contributed by atoms with van der Waals surface area (Å²) in [6.07, 6.45) is 3.91. The number of nitrogens with zero attached hydrogens (tertiary/aromatic N) is 1. The van der Waals surface area contributed by atoms with E-state index in [1.807, 2.05) is 0 Å². The molecule has 2 rings (SSSR count). The zero-order valence-electron chi connectivity index (χ0n) is 12.6. The fourth-order valence-electron chi connectivity index (χ4n) is 2.18. The molecular formula is C16H15Cl2NO3S2. The molecule has 1 saturated heterocycles. The number of halogens is 2. The summed E-state index contributed by atoms with van der Waals surface area (Å²) in [5.74, 6) is -0.947. The second-order valence-corrected chi connectivity index (χ2v) is 7.72. The zero-order chi connectivity index (χ0) is 17.7. The van der Waals surface area contributed by atoms with Crippen LogP contribution < -0.4 is 0 Å². The van der Waals surface area contributed by atoms with Gasteiger partial charge in [-0.25, -0.2) is 0 Å². The molecule has 1 aliphatic rings. The first-order chi connectivity index (χ1) is 11.4. The molecule has 8 heteroatoms.